The minimum absolute atomic E-state index is 0.160. The summed E-state index contributed by atoms with van der Waals surface area (Å²) in [4.78, 5) is 40.8. The van der Waals surface area contributed by atoms with Crippen molar-refractivity contribution in [3.05, 3.63) is 46.8 Å². The monoisotopic (exact) mass is 356 g/mol. The summed E-state index contributed by atoms with van der Waals surface area (Å²) in [7, 11) is 1.30. The number of urea groups is 1. The van der Waals surface area contributed by atoms with Crippen LogP contribution in [0.3, 0.4) is 0 Å². The smallest absolute Gasteiger partial charge is 0.339 e. The Morgan fingerprint density at radius 3 is 2.69 bits per heavy atom. The Labute approximate surface area is 150 Å². The molecule has 1 aliphatic rings. The van der Waals surface area contributed by atoms with E-state index in [4.69, 9.17) is 4.74 Å². The number of nitrogens with one attached hydrogen (secondary N) is 3. The van der Waals surface area contributed by atoms with Gasteiger partial charge in [0.15, 0.2) is 0 Å². The molecule has 8 heteroatoms. The zero-order valence-corrected chi connectivity index (χ0v) is 14.8. The van der Waals surface area contributed by atoms with Crippen LogP contribution in [0, 0.1) is 13.8 Å². The van der Waals surface area contributed by atoms with Crippen LogP contribution in [-0.4, -0.2) is 43.1 Å². The average molecular weight is 356 g/mol. The van der Waals surface area contributed by atoms with E-state index in [2.05, 4.69) is 15.6 Å². The van der Waals surface area contributed by atoms with Crippen LogP contribution in [0.25, 0.3) is 0 Å². The molecular weight excluding hydrogens is 336 g/mol. The highest BCUT2D eigenvalue weighted by Crippen LogP contribution is 2.23. The number of carbonyl (C=O) groups is 3. The number of aryl methyl sites for hydroxylation is 1. The molecule has 1 saturated heterocycles. The second-order valence-corrected chi connectivity index (χ2v) is 6.00. The van der Waals surface area contributed by atoms with Crippen molar-refractivity contribution in [3.63, 3.8) is 0 Å². The topological polar surface area (TPSA) is 104 Å². The van der Waals surface area contributed by atoms with E-state index in [0.717, 1.165) is 0 Å². The zero-order valence-electron chi connectivity index (χ0n) is 14.8. The number of nitrogens with zero attached hydrogens (tertiary/aromatic N) is 1. The maximum Gasteiger partial charge on any atom is 0.339 e. The number of aromatic amines is 1. The lowest BCUT2D eigenvalue weighted by atomic mass is 10.1. The minimum atomic E-state index is -0.489. The van der Waals surface area contributed by atoms with E-state index in [-0.39, 0.29) is 11.9 Å². The molecule has 136 valence electrons. The summed E-state index contributed by atoms with van der Waals surface area (Å²) < 4.78 is 4.76. The highest BCUT2D eigenvalue weighted by molar-refractivity contribution is 6.07. The van der Waals surface area contributed by atoms with E-state index in [9.17, 15) is 14.4 Å². The van der Waals surface area contributed by atoms with Gasteiger partial charge >= 0.3 is 12.0 Å². The lowest BCUT2D eigenvalue weighted by molar-refractivity contribution is 0.0599. The van der Waals surface area contributed by atoms with Crippen molar-refractivity contribution >= 4 is 29.3 Å². The maximum atomic E-state index is 12.6. The fourth-order valence-electron chi connectivity index (χ4n) is 3.05. The Morgan fingerprint density at radius 1 is 1.27 bits per heavy atom. The molecule has 3 N–H and O–H groups in total. The van der Waals surface area contributed by atoms with E-state index in [1.165, 1.54) is 7.11 Å². The molecule has 26 heavy (non-hydrogen) atoms. The van der Waals surface area contributed by atoms with Crippen LogP contribution < -0.4 is 15.5 Å². The Bertz CT molecular complexity index is 887. The van der Waals surface area contributed by atoms with Gasteiger partial charge in [-0.2, -0.15) is 0 Å². The SMILES string of the molecule is COC(=O)c1c(C)[nH]c(C(=O)Nc2cccc(N3CCNC3=O)c2)c1C. The van der Waals surface area contributed by atoms with Crippen LogP contribution in [0.2, 0.25) is 0 Å². The Hall–Kier alpha value is -3.29. The van der Waals surface area contributed by atoms with Gasteiger partial charge < -0.3 is 20.4 Å². The molecule has 3 rings (SSSR count). The average Bonchev–Trinajstić information content (AvgIpc) is 3.17. The van der Waals surface area contributed by atoms with Crippen LogP contribution in [0.4, 0.5) is 16.2 Å². The number of H-pyrrole nitrogens is 1. The number of amides is 3. The standard InChI is InChI=1S/C18H20N4O4/c1-10-14(17(24)26-3)11(2)20-15(10)16(23)21-12-5-4-6-13(9-12)22-8-7-19-18(22)25/h4-6,9,20H,7-8H2,1-3H3,(H,19,25)(H,21,23). The summed E-state index contributed by atoms with van der Waals surface area (Å²) in [5.41, 5.74) is 3.02. The van der Waals surface area contributed by atoms with Crippen LogP contribution in [0.1, 0.15) is 32.1 Å². The zero-order chi connectivity index (χ0) is 18.8. The lowest BCUT2D eigenvalue weighted by Crippen LogP contribution is -2.27. The first-order valence-corrected chi connectivity index (χ1v) is 8.16. The van der Waals surface area contributed by atoms with Gasteiger partial charge in [0.05, 0.1) is 12.7 Å². The van der Waals surface area contributed by atoms with Gasteiger partial charge in [-0.25, -0.2) is 9.59 Å². The molecule has 0 radical (unpaired) electrons. The number of aromatic nitrogens is 1. The van der Waals surface area contributed by atoms with E-state index in [0.29, 0.717) is 47.0 Å². The molecule has 1 aliphatic heterocycles. The first-order valence-electron chi connectivity index (χ1n) is 8.16. The fourth-order valence-corrected chi connectivity index (χ4v) is 3.05. The van der Waals surface area contributed by atoms with Crippen LogP contribution in [0.5, 0.6) is 0 Å². The molecular formula is C18H20N4O4. The number of hydrogen-bond donors (Lipinski definition) is 3. The molecule has 0 spiro atoms. The van der Waals surface area contributed by atoms with Crippen LogP contribution in [0.15, 0.2) is 24.3 Å². The summed E-state index contributed by atoms with van der Waals surface area (Å²) >= 11 is 0. The van der Waals surface area contributed by atoms with Gasteiger partial charge in [0.2, 0.25) is 0 Å². The molecule has 0 atom stereocenters. The predicted octanol–water partition coefficient (Wildman–Crippen LogP) is 2.20. The van der Waals surface area contributed by atoms with E-state index in [1.54, 1.807) is 43.0 Å². The van der Waals surface area contributed by atoms with Crippen molar-refractivity contribution in [2.24, 2.45) is 0 Å². The van der Waals surface area contributed by atoms with Gasteiger partial charge in [-0.3, -0.25) is 9.69 Å². The minimum Gasteiger partial charge on any atom is -0.465 e. The highest BCUT2D eigenvalue weighted by atomic mass is 16.5. The third-order valence-electron chi connectivity index (χ3n) is 4.33. The summed E-state index contributed by atoms with van der Waals surface area (Å²) in [6.45, 7) is 4.57. The number of hydrogen-bond acceptors (Lipinski definition) is 4. The van der Waals surface area contributed by atoms with Crippen molar-refractivity contribution in [2.45, 2.75) is 13.8 Å². The summed E-state index contributed by atoms with van der Waals surface area (Å²) in [5, 5.41) is 5.53. The first kappa shape index (κ1) is 17.5. The number of anilines is 2. The predicted molar refractivity (Wildman–Crippen MR) is 96.7 cm³/mol. The molecule has 0 unspecified atom stereocenters. The van der Waals surface area contributed by atoms with Crippen molar-refractivity contribution in [1.82, 2.24) is 10.3 Å². The normalized spacial score (nSPS) is 13.5. The summed E-state index contributed by atoms with van der Waals surface area (Å²) in [6, 6.07) is 6.88. The number of ether oxygens (including phenoxy) is 1. The largest absolute Gasteiger partial charge is 0.465 e. The highest BCUT2D eigenvalue weighted by Gasteiger charge is 2.24. The van der Waals surface area contributed by atoms with Gasteiger partial charge in [0, 0.05) is 30.2 Å². The molecule has 1 fully saturated rings. The van der Waals surface area contributed by atoms with Crippen molar-refractivity contribution in [2.75, 3.05) is 30.4 Å². The molecule has 0 aliphatic carbocycles. The molecule has 2 aromatic rings. The molecule has 2 heterocycles. The molecule has 1 aromatic carbocycles. The molecule has 1 aromatic heterocycles. The summed E-state index contributed by atoms with van der Waals surface area (Å²) in [6.07, 6.45) is 0. The molecule has 3 amide bonds. The number of methoxy groups -OCH3 is 1. The Balaban J connectivity index is 1.83. The van der Waals surface area contributed by atoms with Crippen molar-refractivity contribution in [3.8, 4) is 0 Å². The number of carbonyl (C=O) groups excluding carboxylic acids is 3. The fraction of sp³-hybridized carbons (Fsp3) is 0.278. The van der Waals surface area contributed by atoms with Gasteiger partial charge in [0.1, 0.15) is 5.69 Å². The quantitative estimate of drug-likeness (QED) is 0.731. The third kappa shape index (κ3) is 3.13. The van der Waals surface area contributed by atoms with Gasteiger partial charge in [-0.05, 0) is 37.6 Å². The van der Waals surface area contributed by atoms with Crippen molar-refractivity contribution < 1.29 is 19.1 Å². The Morgan fingerprint density at radius 2 is 2.04 bits per heavy atom. The lowest BCUT2D eigenvalue weighted by Gasteiger charge is -2.15. The first-order chi connectivity index (χ1) is 12.4. The van der Waals surface area contributed by atoms with Gasteiger partial charge in [-0.15, -0.1) is 0 Å². The maximum absolute atomic E-state index is 12.6. The molecule has 8 nitrogen and oxygen atoms in total. The van der Waals surface area contributed by atoms with Crippen LogP contribution in [-0.2, 0) is 4.74 Å². The van der Waals surface area contributed by atoms with Gasteiger partial charge in [0.25, 0.3) is 5.91 Å². The second-order valence-electron chi connectivity index (χ2n) is 6.00. The third-order valence-corrected chi connectivity index (χ3v) is 4.33. The Kier molecular flexibility index (Phi) is 4.66. The van der Waals surface area contributed by atoms with E-state index >= 15 is 0 Å². The number of rotatable bonds is 4. The second kappa shape index (κ2) is 6.91. The van der Waals surface area contributed by atoms with E-state index < -0.39 is 5.97 Å². The van der Waals surface area contributed by atoms with E-state index in [1.807, 2.05) is 0 Å². The molecule has 0 bridgehead atoms. The van der Waals surface area contributed by atoms with Crippen LogP contribution >= 0.6 is 0 Å². The van der Waals surface area contributed by atoms with Crippen molar-refractivity contribution in [1.29, 1.82) is 0 Å². The van der Waals surface area contributed by atoms with Gasteiger partial charge in [-0.1, -0.05) is 6.07 Å². The number of benzene rings is 1. The molecule has 0 saturated carbocycles. The number of esters is 1. The summed E-state index contributed by atoms with van der Waals surface area (Å²) in [5.74, 6) is -0.860.